The highest BCUT2D eigenvalue weighted by Crippen LogP contribution is 2.32. The van der Waals surface area contributed by atoms with Crippen molar-refractivity contribution in [2.75, 3.05) is 6.61 Å². The Morgan fingerprint density at radius 3 is 2.24 bits per heavy atom. The van der Waals surface area contributed by atoms with Gasteiger partial charge in [-0.3, -0.25) is 10.2 Å². The average molecular weight is 360 g/mol. The molecule has 1 aromatic rings. The molecule has 1 aromatic carbocycles. The van der Waals surface area contributed by atoms with Gasteiger partial charge in [0.05, 0.1) is 17.7 Å². The second kappa shape index (κ2) is 11.0. The van der Waals surface area contributed by atoms with E-state index in [-0.39, 0.29) is 11.3 Å². The number of benzene rings is 1. The largest absolute Gasteiger partial charge is 0.493 e. The highest BCUT2D eigenvalue weighted by Gasteiger charge is 2.32. The van der Waals surface area contributed by atoms with E-state index in [1.54, 1.807) is 0 Å². The molecule has 1 rings (SSSR count). The molecule has 25 heavy (non-hydrogen) atoms. The van der Waals surface area contributed by atoms with Crippen LogP contribution in [0.1, 0.15) is 74.2 Å². The monoisotopic (exact) mass is 360 g/mol. The standard InChI is InChI=1S/C18H27F3N2O2/c1-2-3-4-5-6-7-8-9-12-25-16-11-10-14(18(19,20)21)13-15(16)17(24)23-22/h10-11,13H,2-9,12,22H2,1H3,(H,23,24). The number of amides is 1. The molecule has 142 valence electrons. The van der Waals surface area contributed by atoms with Crippen molar-refractivity contribution < 1.29 is 22.7 Å². The number of carbonyl (C=O) groups excluding carboxylic acids is 1. The van der Waals surface area contributed by atoms with Crippen molar-refractivity contribution in [2.45, 2.75) is 64.5 Å². The van der Waals surface area contributed by atoms with Crippen LogP contribution in [-0.4, -0.2) is 12.5 Å². The molecule has 3 N–H and O–H groups in total. The fourth-order valence-corrected chi connectivity index (χ4v) is 2.51. The Morgan fingerprint density at radius 2 is 1.68 bits per heavy atom. The summed E-state index contributed by atoms with van der Waals surface area (Å²) in [6, 6.07) is 2.82. The van der Waals surface area contributed by atoms with Crippen LogP contribution in [-0.2, 0) is 6.18 Å². The second-order valence-corrected chi connectivity index (χ2v) is 6.01. The fraction of sp³-hybridized carbons (Fsp3) is 0.611. The SMILES string of the molecule is CCCCCCCCCCOc1ccc(C(F)(F)F)cc1C(=O)NN. The van der Waals surface area contributed by atoms with Gasteiger partial charge in [0.1, 0.15) is 5.75 Å². The number of carbonyl (C=O) groups is 1. The summed E-state index contributed by atoms with van der Waals surface area (Å²) in [5, 5.41) is 0. The summed E-state index contributed by atoms with van der Waals surface area (Å²) in [7, 11) is 0. The van der Waals surface area contributed by atoms with Gasteiger partial charge in [0.15, 0.2) is 0 Å². The zero-order chi connectivity index (χ0) is 18.7. The van der Waals surface area contributed by atoms with Crippen LogP contribution < -0.4 is 16.0 Å². The van der Waals surface area contributed by atoms with Crippen LogP contribution in [0.15, 0.2) is 18.2 Å². The van der Waals surface area contributed by atoms with Crippen molar-refractivity contribution in [3.8, 4) is 5.75 Å². The number of nitrogens with one attached hydrogen (secondary N) is 1. The van der Waals surface area contributed by atoms with Crippen LogP contribution in [0, 0.1) is 0 Å². The molecule has 0 aliphatic rings. The lowest BCUT2D eigenvalue weighted by molar-refractivity contribution is -0.137. The van der Waals surface area contributed by atoms with E-state index in [1.807, 2.05) is 5.43 Å². The average Bonchev–Trinajstić information content (AvgIpc) is 2.58. The van der Waals surface area contributed by atoms with Crippen LogP contribution in [0.4, 0.5) is 13.2 Å². The molecule has 0 atom stereocenters. The first-order chi connectivity index (χ1) is 11.9. The number of hydrazine groups is 1. The van der Waals surface area contributed by atoms with Crippen LogP contribution in [0.2, 0.25) is 0 Å². The smallest absolute Gasteiger partial charge is 0.416 e. The maximum atomic E-state index is 12.8. The summed E-state index contributed by atoms with van der Waals surface area (Å²) in [6.45, 7) is 2.53. The van der Waals surface area contributed by atoms with Crippen molar-refractivity contribution in [1.82, 2.24) is 5.43 Å². The molecule has 0 spiro atoms. The van der Waals surface area contributed by atoms with Crippen LogP contribution in [0.25, 0.3) is 0 Å². The van der Waals surface area contributed by atoms with Crippen molar-refractivity contribution in [1.29, 1.82) is 0 Å². The fourth-order valence-electron chi connectivity index (χ4n) is 2.51. The molecule has 0 bridgehead atoms. The maximum Gasteiger partial charge on any atom is 0.416 e. The minimum absolute atomic E-state index is 0.110. The van der Waals surface area contributed by atoms with Gasteiger partial charge in [0.2, 0.25) is 0 Å². The Balaban J connectivity index is 2.48. The molecule has 0 unspecified atom stereocenters. The minimum atomic E-state index is -4.53. The van der Waals surface area contributed by atoms with Crippen molar-refractivity contribution in [3.05, 3.63) is 29.3 Å². The van der Waals surface area contributed by atoms with E-state index >= 15 is 0 Å². The second-order valence-electron chi connectivity index (χ2n) is 6.01. The van der Waals surface area contributed by atoms with E-state index < -0.39 is 17.6 Å². The zero-order valence-corrected chi connectivity index (χ0v) is 14.6. The Kier molecular flexibility index (Phi) is 9.34. The zero-order valence-electron chi connectivity index (χ0n) is 14.6. The summed E-state index contributed by atoms with van der Waals surface area (Å²) >= 11 is 0. The van der Waals surface area contributed by atoms with Gasteiger partial charge in [0, 0.05) is 0 Å². The Labute approximate surface area is 146 Å². The van der Waals surface area contributed by atoms with E-state index in [4.69, 9.17) is 10.6 Å². The number of nitrogen functional groups attached to an aromatic ring is 1. The quantitative estimate of drug-likeness (QED) is 0.257. The van der Waals surface area contributed by atoms with Crippen molar-refractivity contribution >= 4 is 5.91 Å². The van der Waals surface area contributed by atoms with Gasteiger partial charge in [-0.25, -0.2) is 5.84 Å². The number of halogens is 3. The number of unbranched alkanes of at least 4 members (excludes halogenated alkanes) is 7. The van der Waals surface area contributed by atoms with Crippen molar-refractivity contribution in [2.24, 2.45) is 5.84 Å². The van der Waals surface area contributed by atoms with E-state index in [2.05, 4.69) is 6.92 Å². The van der Waals surface area contributed by atoms with Gasteiger partial charge >= 0.3 is 6.18 Å². The Hall–Kier alpha value is -1.76. The maximum absolute atomic E-state index is 12.8. The molecule has 0 fully saturated rings. The molecule has 4 nitrogen and oxygen atoms in total. The molecule has 0 heterocycles. The number of rotatable bonds is 11. The normalized spacial score (nSPS) is 11.4. The highest BCUT2D eigenvalue weighted by atomic mass is 19.4. The number of alkyl halides is 3. The van der Waals surface area contributed by atoms with E-state index in [1.165, 1.54) is 32.1 Å². The molecule has 1 amide bonds. The van der Waals surface area contributed by atoms with Crippen LogP contribution in [0.5, 0.6) is 5.75 Å². The van der Waals surface area contributed by atoms with Crippen LogP contribution in [0.3, 0.4) is 0 Å². The van der Waals surface area contributed by atoms with Gasteiger partial charge in [-0.1, -0.05) is 51.9 Å². The third kappa shape index (κ3) is 7.77. The first kappa shape index (κ1) is 21.3. The molecule has 0 radical (unpaired) electrons. The molecule has 7 heteroatoms. The molecule has 0 saturated carbocycles. The van der Waals surface area contributed by atoms with Crippen LogP contribution >= 0.6 is 0 Å². The van der Waals surface area contributed by atoms with E-state index in [0.717, 1.165) is 37.5 Å². The molecular formula is C18H27F3N2O2. The Bertz CT molecular complexity index is 534. The predicted octanol–water partition coefficient (Wildman–Crippen LogP) is 4.83. The molecule has 0 aliphatic heterocycles. The predicted molar refractivity (Wildman–Crippen MR) is 91.2 cm³/mol. The lowest BCUT2D eigenvalue weighted by atomic mass is 10.1. The van der Waals surface area contributed by atoms with Gasteiger partial charge in [0.25, 0.3) is 5.91 Å². The van der Waals surface area contributed by atoms with Gasteiger partial charge < -0.3 is 4.74 Å². The Morgan fingerprint density at radius 1 is 1.08 bits per heavy atom. The summed E-state index contributed by atoms with van der Waals surface area (Å²) in [4.78, 5) is 11.7. The summed E-state index contributed by atoms with van der Waals surface area (Å²) in [5.41, 5.74) is 0.726. The van der Waals surface area contributed by atoms with Gasteiger partial charge in [-0.15, -0.1) is 0 Å². The minimum Gasteiger partial charge on any atom is -0.493 e. The van der Waals surface area contributed by atoms with E-state index in [9.17, 15) is 18.0 Å². The molecular weight excluding hydrogens is 333 g/mol. The van der Waals surface area contributed by atoms with Crippen molar-refractivity contribution in [3.63, 3.8) is 0 Å². The number of ether oxygens (including phenoxy) is 1. The lowest BCUT2D eigenvalue weighted by Gasteiger charge is -2.13. The highest BCUT2D eigenvalue weighted by molar-refractivity contribution is 5.96. The molecule has 0 aliphatic carbocycles. The summed E-state index contributed by atoms with van der Waals surface area (Å²) < 4.78 is 43.8. The first-order valence-electron chi connectivity index (χ1n) is 8.75. The number of nitrogens with two attached hydrogens (primary N) is 1. The number of hydrogen-bond donors (Lipinski definition) is 2. The van der Waals surface area contributed by atoms with Gasteiger partial charge in [-0.2, -0.15) is 13.2 Å². The third-order valence-corrected chi connectivity index (χ3v) is 3.94. The summed E-state index contributed by atoms with van der Waals surface area (Å²) in [6.07, 6.45) is 4.52. The first-order valence-corrected chi connectivity index (χ1v) is 8.75. The number of hydrogen-bond acceptors (Lipinski definition) is 3. The molecule has 0 saturated heterocycles. The van der Waals surface area contributed by atoms with Gasteiger partial charge in [-0.05, 0) is 24.6 Å². The topological polar surface area (TPSA) is 64.3 Å². The lowest BCUT2D eigenvalue weighted by Crippen LogP contribution is -2.30. The molecule has 0 aromatic heterocycles. The summed E-state index contributed by atoms with van der Waals surface area (Å²) in [5.74, 6) is 4.34. The van der Waals surface area contributed by atoms with E-state index in [0.29, 0.717) is 6.61 Å². The third-order valence-electron chi connectivity index (χ3n) is 3.94.